The van der Waals surface area contributed by atoms with Crippen LogP contribution in [0.15, 0.2) is 53.0 Å². The van der Waals surface area contributed by atoms with E-state index in [1.165, 1.54) is 13.2 Å². The van der Waals surface area contributed by atoms with E-state index in [0.717, 1.165) is 0 Å². The van der Waals surface area contributed by atoms with Crippen molar-refractivity contribution in [2.24, 2.45) is 0 Å². The fraction of sp³-hybridized carbons (Fsp3) is 0.286. The number of carbonyl (C=O) groups excluding carboxylic acids is 3. The molecule has 2 rings (SSSR count). The van der Waals surface area contributed by atoms with E-state index in [1.807, 2.05) is 0 Å². The van der Waals surface area contributed by atoms with Gasteiger partial charge in [0.05, 0.1) is 12.4 Å². The molecule has 2 atom stereocenters. The molecule has 2 aromatic carbocycles. The molecule has 0 unspecified atom stereocenters. The molecule has 2 aromatic rings. The molecule has 166 valence electrons. The molecule has 0 aliphatic rings. The van der Waals surface area contributed by atoms with Crippen molar-refractivity contribution in [3.63, 3.8) is 0 Å². The molecular formula is C21H22BrNO7S. The van der Waals surface area contributed by atoms with Crippen molar-refractivity contribution in [1.82, 2.24) is 5.32 Å². The molecule has 0 saturated carbocycles. The monoisotopic (exact) mass is 511 g/mol. The van der Waals surface area contributed by atoms with Gasteiger partial charge in [0.15, 0.2) is 6.10 Å². The molecule has 0 saturated heterocycles. The molecule has 0 aliphatic heterocycles. The number of imide groups is 1. The van der Waals surface area contributed by atoms with Crippen molar-refractivity contribution >= 4 is 46.5 Å². The zero-order chi connectivity index (χ0) is 22.8. The summed E-state index contributed by atoms with van der Waals surface area (Å²) in [6.07, 6.45) is -2.74. The third-order valence-electron chi connectivity index (χ3n) is 4.22. The van der Waals surface area contributed by atoms with Crippen LogP contribution in [-0.4, -0.2) is 48.6 Å². The average Bonchev–Trinajstić information content (AvgIpc) is 2.77. The van der Waals surface area contributed by atoms with Crippen LogP contribution in [0.25, 0.3) is 0 Å². The average molecular weight is 512 g/mol. The number of nitrogens with one attached hydrogen (secondary N) is 1. The highest BCUT2D eigenvalue weighted by Crippen LogP contribution is 2.34. The van der Waals surface area contributed by atoms with Crippen LogP contribution < -0.4 is 5.32 Å². The van der Waals surface area contributed by atoms with Crippen LogP contribution in [0.1, 0.15) is 28.4 Å². The quantitative estimate of drug-likeness (QED) is 0.348. The van der Waals surface area contributed by atoms with Crippen LogP contribution in [0.5, 0.6) is 5.75 Å². The molecule has 0 spiro atoms. The Hall–Kier alpha value is -2.56. The number of phenolic OH excluding ortho intramolecular Hbond substituents is 1. The number of thiol groups is 1. The van der Waals surface area contributed by atoms with Crippen LogP contribution in [-0.2, 0) is 19.0 Å². The van der Waals surface area contributed by atoms with Gasteiger partial charge in [0.2, 0.25) is 0 Å². The molecule has 0 aromatic heterocycles. The Morgan fingerprint density at radius 3 is 2.52 bits per heavy atom. The van der Waals surface area contributed by atoms with E-state index in [9.17, 15) is 19.5 Å². The van der Waals surface area contributed by atoms with E-state index in [1.54, 1.807) is 42.5 Å². The van der Waals surface area contributed by atoms with Crippen LogP contribution in [0.3, 0.4) is 0 Å². The van der Waals surface area contributed by atoms with E-state index in [4.69, 9.17) is 14.2 Å². The number of hydrogen-bond donors (Lipinski definition) is 3. The summed E-state index contributed by atoms with van der Waals surface area (Å²) < 4.78 is 16.6. The van der Waals surface area contributed by atoms with Crippen molar-refractivity contribution < 1.29 is 33.7 Å². The highest BCUT2D eigenvalue weighted by molar-refractivity contribution is 9.10. The minimum atomic E-state index is -1.10. The second-order valence-electron chi connectivity index (χ2n) is 6.29. The molecule has 0 heterocycles. The highest BCUT2D eigenvalue weighted by atomic mass is 79.9. The molecule has 31 heavy (non-hydrogen) atoms. The summed E-state index contributed by atoms with van der Waals surface area (Å²) in [5, 5.41) is 12.5. The summed E-state index contributed by atoms with van der Waals surface area (Å²) in [5.74, 6) is -1.36. The zero-order valence-electron chi connectivity index (χ0n) is 16.6. The fourth-order valence-corrected chi connectivity index (χ4v) is 3.19. The number of alkyl carbamates (subject to hydrolysis) is 1. The van der Waals surface area contributed by atoms with E-state index < -0.39 is 30.2 Å². The van der Waals surface area contributed by atoms with Gasteiger partial charge >= 0.3 is 12.1 Å². The first-order chi connectivity index (χ1) is 14.8. The van der Waals surface area contributed by atoms with Crippen molar-refractivity contribution in [2.75, 3.05) is 19.5 Å². The number of rotatable bonds is 9. The maximum Gasteiger partial charge on any atom is 0.414 e. The van der Waals surface area contributed by atoms with Crippen molar-refractivity contribution in [2.45, 2.75) is 18.6 Å². The summed E-state index contributed by atoms with van der Waals surface area (Å²) in [5.41, 5.74) is 0.535. The lowest BCUT2D eigenvalue weighted by Crippen LogP contribution is -2.35. The standard InChI is InChI=1S/C21H22BrNO7S/c1-28-17(9-10-29-18(25)12-31)19(15-11-14(22)7-8-16(15)24)30-21(27)23-20(26)13-5-3-2-4-6-13/h2-8,11,17,19,24,31H,9-10,12H2,1H3,(H,23,26,27)/t17-,19-/m0/s1. The van der Waals surface area contributed by atoms with Gasteiger partial charge in [-0.05, 0) is 30.3 Å². The number of ether oxygens (including phenoxy) is 3. The van der Waals surface area contributed by atoms with Gasteiger partial charge in [-0.15, -0.1) is 0 Å². The van der Waals surface area contributed by atoms with Gasteiger partial charge in [-0.2, -0.15) is 12.6 Å². The van der Waals surface area contributed by atoms with Crippen molar-refractivity contribution in [1.29, 1.82) is 0 Å². The van der Waals surface area contributed by atoms with Crippen molar-refractivity contribution in [3.8, 4) is 5.75 Å². The fourth-order valence-electron chi connectivity index (χ4n) is 2.72. The summed E-state index contributed by atoms with van der Waals surface area (Å²) >= 11 is 7.15. The summed E-state index contributed by atoms with van der Waals surface area (Å²) in [4.78, 5) is 36.0. The third kappa shape index (κ3) is 7.57. The highest BCUT2D eigenvalue weighted by Gasteiger charge is 2.30. The number of phenols is 1. The molecular weight excluding hydrogens is 490 g/mol. The lowest BCUT2D eigenvalue weighted by Gasteiger charge is -2.27. The van der Waals surface area contributed by atoms with Crippen LogP contribution in [0.4, 0.5) is 4.79 Å². The molecule has 0 fully saturated rings. The Morgan fingerprint density at radius 2 is 1.87 bits per heavy atom. The minimum Gasteiger partial charge on any atom is -0.508 e. The van der Waals surface area contributed by atoms with Gasteiger partial charge in [-0.25, -0.2) is 4.79 Å². The van der Waals surface area contributed by atoms with Crippen LogP contribution in [0.2, 0.25) is 0 Å². The molecule has 2 N–H and O–H groups in total. The lowest BCUT2D eigenvalue weighted by molar-refractivity contribution is -0.141. The smallest absolute Gasteiger partial charge is 0.414 e. The Balaban J connectivity index is 2.20. The summed E-state index contributed by atoms with van der Waals surface area (Å²) in [6.45, 7) is -0.0168. The predicted octanol–water partition coefficient (Wildman–Crippen LogP) is 3.64. The number of esters is 1. The molecule has 0 radical (unpaired) electrons. The Labute approximate surface area is 193 Å². The second kappa shape index (κ2) is 12.3. The number of halogens is 1. The van der Waals surface area contributed by atoms with Crippen molar-refractivity contribution in [3.05, 3.63) is 64.1 Å². The zero-order valence-corrected chi connectivity index (χ0v) is 19.1. The number of aromatic hydroxyl groups is 1. The largest absolute Gasteiger partial charge is 0.508 e. The summed E-state index contributed by atoms with van der Waals surface area (Å²) in [6, 6.07) is 12.8. The maximum absolute atomic E-state index is 12.5. The lowest BCUT2D eigenvalue weighted by atomic mass is 10.0. The number of amides is 2. The Kier molecular flexibility index (Phi) is 9.83. The number of carbonyl (C=O) groups is 3. The number of benzene rings is 2. The van der Waals surface area contributed by atoms with E-state index in [0.29, 0.717) is 4.47 Å². The maximum atomic E-state index is 12.5. The van der Waals surface area contributed by atoms with Gasteiger partial charge in [-0.3, -0.25) is 14.9 Å². The third-order valence-corrected chi connectivity index (χ3v) is 4.97. The molecule has 8 nitrogen and oxygen atoms in total. The first kappa shape index (κ1) is 24.7. The van der Waals surface area contributed by atoms with E-state index in [2.05, 4.69) is 33.9 Å². The Bertz CT molecular complexity index is 910. The molecule has 2 amide bonds. The molecule has 0 bridgehead atoms. The van der Waals surface area contributed by atoms with E-state index in [-0.39, 0.29) is 35.7 Å². The first-order valence-corrected chi connectivity index (χ1v) is 10.6. The topological polar surface area (TPSA) is 111 Å². The number of hydrogen-bond acceptors (Lipinski definition) is 8. The SMILES string of the molecule is CO[C@@H](CCOC(=O)CS)[C@@H](OC(=O)NC(=O)c1ccccc1)c1cc(Br)ccc1O. The van der Waals surface area contributed by atoms with Gasteiger partial charge in [0, 0.05) is 29.1 Å². The molecule has 10 heteroatoms. The van der Waals surface area contributed by atoms with Gasteiger partial charge < -0.3 is 19.3 Å². The minimum absolute atomic E-state index is 0.0168. The predicted molar refractivity (Wildman–Crippen MR) is 119 cm³/mol. The van der Waals surface area contributed by atoms with Gasteiger partial charge in [0.1, 0.15) is 11.9 Å². The van der Waals surface area contributed by atoms with E-state index >= 15 is 0 Å². The summed E-state index contributed by atoms with van der Waals surface area (Å²) in [7, 11) is 1.39. The molecule has 0 aliphatic carbocycles. The van der Waals surface area contributed by atoms with Gasteiger partial charge in [-0.1, -0.05) is 34.1 Å². The van der Waals surface area contributed by atoms with Crippen LogP contribution in [0, 0.1) is 0 Å². The first-order valence-electron chi connectivity index (χ1n) is 9.20. The number of methoxy groups -OCH3 is 1. The van der Waals surface area contributed by atoms with Gasteiger partial charge in [0.25, 0.3) is 5.91 Å². The Morgan fingerprint density at radius 1 is 1.16 bits per heavy atom. The second-order valence-corrected chi connectivity index (χ2v) is 7.52. The normalized spacial score (nSPS) is 12.5. The van der Waals surface area contributed by atoms with Crippen LogP contribution >= 0.6 is 28.6 Å².